The predicted molar refractivity (Wildman–Crippen MR) is 107 cm³/mol. The molecule has 0 fully saturated rings. The molecule has 1 aromatic heterocycles. The van der Waals surface area contributed by atoms with E-state index in [1.54, 1.807) is 6.20 Å². The van der Waals surface area contributed by atoms with Crippen LogP contribution in [0.2, 0.25) is 0 Å². The molecule has 0 bridgehead atoms. The van der Waals surface area contributed by atoms with Crippen LogP contribution in [0.25, 0.3) is 0 Å². The zero-order valence-corrected chi connectivity index (χ0v) is 15.2. The number of benzene rings is 2. The van der Waals surface area contributed by atoms with Gasteiger partial charge in [0.25, 0.3) is 0 Å². The van der Waals surface area contributed by atoms with E-state index in [-0.39, 0.29) is 0 Å². The van der Waals surface area contributed by atoms with Crippen LogP contribution in [0.15, 0.2) is 60.8 Å². The number of hydrogen-bond acceptors (Lipinski definition) is 6. The van der Waals surface area contributed by atoms with Gasteiger partial charge in [0.2, 0.25) is 5.95 Å². The topological polar surface area (TPSA) is 62.3 Å². The highest BCUT2D eigenvalue weighted by Crippen LogP contribution is 2.26. The molecule has 1 heterocycles. The first kappa shape index (κ1) is 17.5. The number of rotatable bonds is 7. The summed E-state index contributed by atoms with van der Waals surface area (Å²) in [4.78, 5) is 10.9. The average Bonchev–Trinajstić information content (AvgIpc) is 2.64. The summed E-state index contributed by atoms with van der Waals surface area (Å²) in [5.74, 6) is 2.00. The van der Waals surface area contributed by atoms with E-state index in [2.05, 4.69) is 37.6 Å². The number of nitrogens with zero attached hydrogens (tertiary/aromatic N) is 3. The van der Waals surface area contributed by atoms with Crippen molar-refractivity contribution in [2.24, 2.45) is 0 Å². The van der Waals surface area contributed by atoms with Crippen molar-refractivity contribution in [3.63, 3.8) is 0 Å². The number of ether oxygens (including phenoxy) is 1. The van der Waals surface area contributed by atoms with Crippen molar-refractivity contribution in [3.8, 4) is 5.75 Å². The molecule has 0 saturated carbocycles. The van der Waals surface area contributed by atoms with Crippen LogP contribution in [-0.2, 0) is 0 Å². The molecule has 0 aliphatic heterocycles. The highest BCUT2D eigenvalue weighted by Gasteiger charge is 2.06. The fourth-order valence-corrected chi connectivity index (χ4v) is 2.45. The van der Waals surface area contributed by atoms with Crippen LogP contribution in [-0.4, -0.2) is 30.7 Å². The van der Waals surface area contributed by atoms with E-state index in [0.29, 0.717) is 18.4 Å². The standard InChI is InChI=1S/C20H23N5O/c1-4-26-18-8-6-5-7-17(18)23-20-21-14-13-19(24-20)22-15-9-11-16(12-10-15)25(2)3/h5-14H,4H2,1-3H3,(H2,21,22,23,24). The van der Waals surface area contributed by atoms with Gasteiger partial charge in [0.05, 0.1) is 12.3 Å². The second-order valence-corrected chi connectivity index (χ2v) is 5.89. The summed E-state index contributed by atoms with van der Waals surface area (Å²) >= 11 is 0. The van der Waals surface area contributed by atoms with Gasteiger partial charge < -0.3 is 20.3 Å². The maximum Gasteiger partial charge on any atom is 0.229 e. The van der Waals surface area contributed by atoms with Gasteiger partial charge in [0, 0.05) is 31.7 Å². The molecule has 0 spiro atoms. The highest BCUT2D eigenvalue weighted by molar-refractivity contribution is 5.65. The van der Waals surface area contributed by atoms with Gasteiger partial charge in [-0.2, -0.15) is 4.98 Å². The molecule has 0 unspecified atom stereocenters. The van der Waals surface area contributed by atoms with Gasteiger partial charge in [-0.1, -0.05) is 12.1 Å². The Balaban J connectivity index is 1.74. The Morgan fingerprint density at radius 1 is 0.962 bits per heavy atom. The molecule has 6 nitrogen and oxygen atoms in total. The van der Waals surface area contributed by atoms with Gasteiger partial charge in [-0.05, 0) is 49.4 Å². The molecule has 2 aromatic carbocycles. The molecule has 0 atom stereocenters. The van der Waals surface area contributed by atoms with E-state index in [0.717, 1.165) is 22.8 Å². The van der Waals surface area contributed by atoms with Gasteiger partial charge in [0.15, 0.2) is 0 Å². The minimum Gasteiger partial charge on any atom is -0.492 e. The number of para-hydroxylation sites is 2. The molecule has 3 rings (SSSR count). The molecule has 0 saturated heterocycles. The smallest absolute Gasteiger partial charge is 0.229 e. The van der Waals surface area contributed by atoms with Crippen LogP contribution in [0.4, 0.5) is 28.8 Å². The first-order valence-electron chi connectivity index (χ1n) is 8.52. The Hall–Kier alpha value is -3.28. The molecule has 0 aliphatic rings. The molecular weight excluding hydrogens is 326 g/mol. The van der Waals surface area contributed by atoms with Crippen LogP contribution in [0.5, 0.6) is 5.75 Å². The molecule has 6 heteroatoms. The van der Waals surface area contributed by atoms with Crippen molar-refractivity contribution < 1.29 is 4.74 Å². The normalized spacial score (nSPS) is 10.3. The second-order valence-electron chi connectivity index (χ2n) is 5.89. The van der Waals surface area contributed by atoms with Crippen LogP contribution < -0.4 is 20.3 Å². The molecule has 0 radical (unpaired) electrons. The fourth-order valence-electron chi connectivity index (χ4n) is 2.45. The predicted octanol–water partition coefficient (Wildman–Crippen LogP) is 4.43. The van der Waals surface area contributed by atoms with Crippen LogP contribution in [0.1, 0.15) is 6.92 Å². The Bertz CT molecular complexity index is 849. The van der Waals surface area contributed by atoms with E-state index < -0.39 is 0 Å². The Labute approximate surface area is 153 Å². The third-order valence-electron chi connectivity index (χ3n) is 3.75. The lowest BCUT2D eigenvalue weighted by atomic mass is 10.2. The zero-order chi connectivity index (χ0) is 18.4. The van der Waals surface area contributed by atoms with Crippen molar-refractivity contribution in [2.45, 2.75) is 6.92 Å². The fraction of sp³-hybridized carbons (Fsp3) is 0.200. The van der Waals surface area contributed by atoms with Crippen LogP contribution >= 0.6 is 0 Å². The third-order valence-corrected chi connectivity index (χ3v) is 3.75. The molecule has 0 aliphatic carbocycles. The van der Waals surface area contributed by atoms with Crippen molar-refractivity contribution in [1.29, 1.82) is 0 Å². The lowest BCUT2D eigenvalue weighted by molar-refractivity contribution is 0.342. The van der Waals surface area contributed by atoms with Crippen molar-refractivity contribution in [3.05, 3.63) is 60.8 Å². The Morgan fingerprint density at radius 3 is 2.46 bits per heavy atom. The largest absolute Gasteiger partial charge is 0.492 e. The maximum absolute atomic E-state index is 5.63. The van der Waals surface area contributed by atoms with Gasteiger partial charge in [-0.25, -0.2) is 4.98 Å². The second kappa shape index (κ2) is 8.20. The number of hydrogen-bond donors (Lipinski definition) is 2. The first-order chi connectivity index (χ1) is 12.7. The van der Waals surface area contributed by atoms with E-state index >= 15 is 0 Å². The molecule has 3 aromatic rings. The number of anilines is 5. The summed E-state index contributed by atoms with van der Waals surface area (Å²) in [7, 11) is 4.04. The summed E-state index contributed by atoms with van der Waals surface area (Å²) in [5, 5.41) is 6.51. The van der Waals surface area contributed by atoms with Crippen molar-refractivity contribution in [2.75, 3.05) is 36.2 Å². The Morgan fingerprint density at radius 2 is 1.73 bits per heavy atom. The molecule has 0 amide bonds. The minimum atomic E-state index is 0.507. The van der Waals surface area contributed by atoms with Gasteiger partial charge in [-0.3, -0.25) is 0 Å². The van der Waals surface area contributed by atoms with Crippen molar-refractivity contribution >= 4 is 28.8 Å². The van der Waals surface area contributed by atoms with E-state index in [1.807, 2.05) is 63.5 Å². The lowest BCUT2D eigenvalue weighted by Crippen LogP contribution is -2.08. The van der Waals surface area contributed by atoms with E-state index in [1.165, 1.54) is 0 Å². The molecular formula is C20H23N5O. The minimum absolute atomic E-state index is 0.507. The lowest BCUT2D eigenvalue weighted by Gasteiger charge is -2.14. The summed E-state index contributed by atoms with van der Waals surface area (Å²) in [6, 6.07) is 17.7. The van der Waals surface area contributed by atoms with Crippen LogP contribution in [0, 0.1) is 0 Å². The molecule has 26 heavy (non-hydrogen) atoms. The quantitative estimate of drug-likeness (QED) is 0.658. The van der Waals surface area contributed by atoms with Gasteiger partial charge in [0.1, 0.15) is 11.6 Å². The number of aromatic nitrogens is 2. The first-order valence-corrected chi connectivity index (χ1v) is 8.52. The maximum atomic E-state index is 5.63. The van der Waals surface area contributed by atoms with Crippen molar-refractivity contribution in [1.82, 2.24) is 9.97 Å². The summed E-state index contributed by atoms with van der Waals surface area (Å²) < 4.78 is 5.63. The summed E-state index contributed by atoms with van der Waals surface area (Å²) in [5.41, 5.74) is 2.95. The third kappa shape index (κ3) is 4.42. The SMILES string of the molecule is CCOc1ccccc1Nc1nccc(Nc2ccc(N(C)C)cc2)n1. The van der Waals surface area contributed by atoms with E-state index in [4.69, 9.17) is 4.74 Å². The molecule has 2 N–H and O–H groups in total. The van der Waals surface area contributed by atoms with Gasteiger partial charge >= 0.3 is 0 Å². The zero-order valence-electron chi connectivity index (χ0n) is 15.2. The summed E-state index contributed by atoms with van der Waals surface area (Å²) in [6.45, 7) is 2.56. The summed E-state index contributed by atoms with van der Waals surface area (Å²) in [6.07, 6.45) is 1.72. The molecule has 134 valence electrons. The Kier molecular flexibility index (Phi) is 5.53. The van der Waals surface area contributed by atoms with Gasteiger partial charge in [-0.15, -0.1) is 0 Å². The number of nitrogens with one attached hydrogen (secondary N) is 2. The average molecular weight is 349 g/mol. The van der Waals surface area contributed by atoms with Crippen LogP contribution in [0.3, 0.4) is 0 Å². The van der Waals surface area contributed by atoms with E-state index in [9.17, 15) is 0 Å². The highest BCUT2D eigenvalue weighted by atomic mass is 16.5. The monoisotopic (exact) mass is 349 g/mol.